The Balaban J connectivity index is 2.55. The SMILES string of the molecule is CCOS(=O)(=O)C(I)c1cccc2ccccc12. The molecule has 0 aliphatic heterocycles. The van der Waals surface area contributed by atoms with Crippen LogP contribution in [0.3, 0.4) is 0 Å². The lowest BCUT2D eigenvalue weighted by Gasteiger charge is -2.13. The highest BCUT2D eigenvalue weighted by atomic mass is 127. The van der Waals surface area contributed by atoms with Crippen LogP contribution < -0.4 is 0 Å². The van der Waals surface area contributed by atoms with Crippen molar-refractivity contribution in [3.05, 3.63) is 48.0 Å². The molecule has 0 aliphatic rings. The van der Waals surface area contributed by atoms with Gasteiger partial charge in [-0.25, -0.2) is 0 Å². The molecule has 0 radical (unpaired) electrons. The molecule has 0 spiro atoms. The standard InChI is InChI=1S/C13H13IO3S/c1-2-17-18(15,16)13(14)12-9-5-7-10-6-3-4-8-11(10)12/h3-9,13H,2H2,1H3. The minimum Gasteiger partial charge on any atom is -0.269 e. The first-order valence-corrected chi connectivity index (χ1v) is 8.28. The highest BCUT2D eigenvalue weighted by molar-refractivity contribution is 14.1. The number of alkyl halides is 1. The third-order valence-electron chi connectivity index (χ3n) is 2.60. The topological polar surface area (TPSA) is 43.4 Å². The van der Waals surface area contributed by atoms with Gasteiger partial charge < -0.3 is 0 Å². The van der Waals surface area contributed by atoms with Crippen molar-refractivity contribution in [1.82, 2.24) is 0 Å². The van der Waals surface area contributed by atoms with Crippen LogP contribution in [0.1, 0.15) is 15.7 Å². The highest BCUT2D eigenvalue weighted by Gasteiger charge is 2.26. The zero-order valence-corrected chi connectivity index (χ0v) is 12.8. The monoisotopic (exact) mass is 376 g/mol. The van der Waals surface area contributed by atoms with Gasteiger partial charge in [0.05, 0.1) is 6.61 Å². The van der Waals surface area contributed by atoms with Gasteiger partial charge in [-0.15, -0.1) is 0 Å². The van der Waals surface area contributed by atoms with Crippen molar-refractivity contribution in [2.24, 2.45) is 0 Å². The molecule has 2 aromatic carbocycles. The lowest BCUT2D eigenvalue weighted by atomic mass is 10.1. The van der Waals surface area contributed by atoms with Crippen molar-refractivity contribution >= 4 is 43.5 Å². The van der Waals surface area contributed by atoms with E-state index < -0.39 is 13.4 Å². The molecule has 0 fully saturated rings. The van der Waals surface area contributed by atoms with Gasteiger partial charge in [0, 0.05) is 0 Å². The molecule has 0 aromatic heterocycles. The van der Waals surface area contributed by atoms with E-state index in [1.54, 1.807) is 6.92 Å². The maximum absolute atomic E-state index is 11.9. The molecule has 5 heteroatoms. The molecule has 3 nitrogen and oxygen atoms in total. The van der Waals surface area contributed by atoms with Crippen molar-refractivity contribution in [2.75, 3.05) is 6.61 Å². The molecule has 0 saturated carbocycles. The predicted molar refractivity (Wildman–Crippen MR) is 81.3 cm³/mol. The summed E-state index contributed by atoms with van der Waals surface area (Å²) < 4.78 is 28.1. The molecular formula is C13H13IO3S. The Morgan fingerprint density at radius 1 is 1.17 bits per heavy atom. The second-order valence-electron chi connectivity index (χ2n) is 3.78. The van der Waals surface area contributed by atoms with E-state index in [0.29, 0.717) is 0 Å². The quantitative estimate of drug-likeness (QED) is 0.465. The number of halogens is 1. The fourth-order valence-corrected chi connectivity index (χ4v) is 3.78. The predicted octanol–water partition coefficient (Wildman–Crippen LogP) is 3.64. The maximum Gasteiger partial charge on any atom is 0.283 e. The average Bonchev–Trinajstić information content (AvgIpc) is 2.37. The second kappa shape index (κ2) is 5.54. The molecule has 0 saturated heterocycles. The third-order valence-corrected chi connectivity index (χ3v) is 6.47. The highest BCUT2D eigenvalue weighted by Crippen LogP contribution is 2.35. The Morgan fingerprint density at radius 3 is 2.56 bits per heavy atom. The van der Waals surface area contributed by atoms with Crippen molar-refractivity contribution < 1.29 is 12.6 Å². The summed E-state index contributed by atoms with van der Waals surface area (Å²) in [5, 5.41) is 1.98. The van der Waals surface area contributed by atoms with Gasteiger partial charge in [-0.05, 0) is 23.3 Å². The maximum atomic E-state index is 11.9. The van der Waals surface area contributed by atoms with Crippen LogP contribution in [0.2, 0.25) is 0 Å². The van der Waals surface area contributed by atoms with Crippen LogP contribution in [0.5, 0.6) is 0 Å². The molecular weight excluding hydrogens is 363 g/mol. The molecule has 0 heterocycles. The molecule has 0 N–H and O–H groups in total. The Morgan fingerprint density at radius 2 is 1.83 bits per heavy atom. The molecule has 1 unspecified atom stereocenters. The van der Waals surface area contributed by atoms with Gasteiger partial charge in [-0.2, -0.15) is 8.42 Å². The number of fused-ring (bicyclic) bond motifs is 1. The summed E-state index contributed by atoms with van der Waals surface area (Å²) in [6.45, 7) is 1.83. The third kappa shape index (κ3) is 2.67. The second-order valence-corrected chi connectivity index (χ2v) is 7.57. The van der Waals surface area contributed by atoms with E-state index in [-0.39, 0.29) is 6.61 Å². The largest absolute Gasteiger partial charge is 0.283 e. The summed E-state index contributed by atoms with van der Waals surface area (Å²) in [7, 11) is -3.57. The molecule has 0 aliphatic carbocycles. The van der Waals surface area contributed by atoms with E-state index in [2.05, 4.69) is 0 Å². The summed E-state index contributed by atoms with van der Waals surface area (Å²) in [5.74, 6) is 0. The summed E-state index contributed by atoms with van der Waals surface area (Å²) in [6.07, 6.45) is 0. The molecule has 0 amide bonds. The van der Waals surface area contributed by atoms with Crippen LogP contribution in [0.4, 0.5) is 0 Å². The Hall–Kier alpha value is -0.660. The van der Waals surface area contributed by atoms with E-state index in [1.807, 2.05) is 65.1 Å². The normalized spacial score (nSPS) is 13.7. The van der Waals surface area contributed by atoms with Crippen molar-refractivity contribution in [2.45, 2.75) is 10.2 Å². The van der Waals surface area contributed by atoms with Gasteiger partial charge in [0.2, 0.25) is 0 Å². The van der Waals surface area contributed by atoms with Gasteiger partial charge >= 0.3 is 0 Å². The van der Waals surface area contributed by atoms with E-state index in [1.165, 1.54) is 0 Å². The first-order valence-electron chi connectivity index (χ1n) is 5.56. The van der Waals surface area contributed by atoms with Crippen LogP contribution in [0, 0.1) is 0 Å². The van der Waals surface area contributed by atoms with Crippen LogP contribution in [0.25, 0.3) is 10.8 Å². The number of hydrogen-bond donors (Lipinski definition) is 0. The van der Waals surface area contributed by atoms with Gasteiger partial charge in [0.1, 0.15) is 0 Å². The lowest BCUT2D eigenvalue weighted by molar-refractivity contribution is 0.337. The summed E-state index contributed by atoms with van der Waals surface area (Å²) in [4.78, 5) is 0. The Kier molecular flexibility index (Phi) is 4.24. The number of rotatable bonds is 4. The van der Waals surface area contributed by atoms with Gasteiger partial charge in [0.15, 0.2) is 3.26 Å². The first kappa shape index (κ1) is 13.8. The van der Waals surface area contributed by atoms with Crippen LogP contribution in [0.15, 0.2) is 42.5 Å². The van der Waals surface area contributed by atoms with E-state index >= 15 is 0 Å². The average molecular weight is 376 g/mol. The fourth-order valence-electron chi connectivity index (χ4n) is 1.83. The Labute approximate surface area is 120 Å². The van der Waals surface area contributed by atoms with E-state index in [4.69, 9.17) is 4.18 Å². The molecule has 18 heavy (non-hydrogen) atoms. The smallest absolute Gasteiger partial charge is 0.269 e. The van der Waals surface area contributed by atoms with Crippen LogP contribution in [-0.2, 0) is 14.3 Å². The van der Waals surface area contributed by atoms with Gasteiger partial charge in [0.25, 0.3) is 10.1 Å². The molecule has 2 rings (SSSR count). The summed E-state index contributed by atoms with van der Waals surface area (Å²) in [6, 6.07) is 13.4. The Bertz CT molecular complexity index is 647. The lowest BCUT2D eigenvalue weighted by Crippen LogP contribution is -2.11. The molecule has 1 atom stereocenters. The van der Waals surface area contributed by atoms with Gasteiger partial charge in [-0.3, -0.25) is 4.18 Å². The number of benzene rings is 2. The van der Waals surface area contributed by atoms with Crippen molar-refractivity contribution in [3.63, 3.8) is 0 Å². The summed E-state index contributed by atoms with van der Waals surface area (Å²) in [5.41, 5.74) is 0.766. The number of hydrogen-bond acceptors (Lipinski definition) is 3. The van der Waals surface area contributed by atoms with E-state index in [9.17, 15) is 8.42 Å². The van der Waals surface area contributed by atoms with E-state index in [0.717, 1.165) is 16.3 Å². The first-order chi connectivity index (χ1) is 8.56. The minimum atomic E-state index is -3.57. The zero-order chi connectivity index (χ0) is 13.2. The summed E-state index contributed by atoms with van der Waals surface area (Å²) >= 11 is 1.91. The van der Waals surface area contributed by atoms with Crippen LogP contribution in [-0.4, -0.2) is 15.0 Å². The zero-order valence-electron chi connectivity index (χ0n) is 9.84. The van der Waals surface area contributed by atoms with Crippen molar-refractivity contribution in [1.29, 1.82) is 0 Å². The molecule has 96 valence electrons. The van der Waals surface area contributed by atoms with Gasteiger partial charge in [-0.1, -0.05) is 65.1 Å². The molecule has 0 bridgehead atoms. The fraction of sp³-hybridized carbons (Fsp3) is 0.231. The van der Waals surface area contributed by atoms with Crippen LogP contribution >= 0.6 is 22.6 Å². The molecule has 2 aromatic rings. The minimum absolute atomic E-state index is 0.159. The van der Waals surface area contributed by atoms with Crippen molar-refractivity contribution in [3.8, 4) is 0 Å².